The van der Waals surface area contributed by atoms with E-state index in [2.05, 4.69) is 68.0 Å². The van der Waals surface area contributed by atoms with E-state index in [-0.39, 0.29) is 5.41 Å². The van der Waals surface area contributed by atoms with Crippen LogP contribution in [0, 0.1) is 35.0 Å². The van der Waals surface area contributed by atoms with E-state index in [0.717, 1.165) is 29.6 Å². The molecule has 6 fully saturated rings. The molecule has 1 amide bonds. The zero-order valence-electron chi connectivity index (χ0n) is 12.9. The average Bonchev–Trinajstić information content (AvgIpc) is 2.33. The van der Waals surface area contributed by atoms with Crippen LogP contribution < -0.4 is 0 Å². The molecule has 0 aliphatic heterocycles. The number of hydrogen-bond donors (Lipinski definition) is 0. The van der Waals surface area contributed by atoms with Crippen molar-refractivity contribution < 1.29 is 4.79 Å². The van der Waals surface area contributed by atoms with Gasteiger partial charge in [0.25, 0.3) is 0 Å². The maximum absolute atomic E-state index is 13.3. The van der Waals surface area contributed by atoms with E-state index in [1.54, 1.807) is 0 Å². The number of nitrogens with zero attached hydrogens (tertiary/aromatic N) is 1. The van der Waals surface area contributed by atoms with Crippen LogP contribution in [0.2, 0.25) is 8.18 Å². The molecule has 92 valence electrons. The first-order valence-electron chi connectivity index (χ1n) is 8.11. The first kappa shape index (κ1) is 12.2. The quantitative estimate of drug-likeness (QED) is 0.686. The molecular formula is C15H19Li2NO. The van der Waals surface area contributed by atoms with Gasteiger partial charge in [-0.05, 0) is 0 Å². The molecule has 4 heteroatoms. The molecule has 6 saturated carbocycles. The molecule has 4 atom stereocenters. The van der Waals surface area contributed by atoms with Crippen molar-refractivity contribution in [1.29, 1.82) is 0 Å². The van der Waals surface area contributed by atoms with Crippen molar-refractivity contribution in [3.05, 3.63) is 0 Å². The zero-order chi connectivity index (χ0) is 13.7. The summed E-state index contributed by atoms with van der Waals surface area (Å²) in [4.78, 5) is 15.5. The summed E-state index contributed by atoms with van der Waals surface area (Å²) in [5.41, 5.74) is 0.0976. The molecule has 0 aromatic heterocycles. The van der Waals surface area contributed by atoms with Crippen LogP contribution in [0.4, 0.5) is 0 Å². The van der Waals surface area contributed by atoms with Gasteiger partial charge in [0, 0.05) is 0 Å². The van der Waals surface area contributed by atoms with Crippen molar-refractivity contribution in [2.75, 3.05) is 0 Å². The van der Waals surface area contributed by atoms with E-state index in [4.69, 9.17) is 0 Å². The van der Waals surface area contributed by atoms with Gasteiger partial charge in [-0.25, -0.2) is 0 Å². The number of carbonyl (C=O) groups is 1. The summed E-state index contributed by atoms with van der Waals surface area (Å²) in [6.07, 6.45) is 0. The molecular weight excluding hydrogens is 224 g/mol. The molecule has 0 heterocycles. The summed E-state index contributed by atoms with van der Waals surface area (Å²) in [5.74, 6) is 4.91. The normalized spacial score (nSPS) is 64.6. The van der Waals surface area contributed by atoms with Gasteiger partial charge in [0.1, 0.15) is 0 Å². The summed E-state index contributed by atoms with van der Waals surface area (Å²) in [7, 11) is 0. The van der Waals surface area contributed by atoms with Crippen molar-refractivity contribution >= 4 is 41.3 Å². The Labute approximate surface area is 133 Å². The van der Waals surface area contributed by atoms with Crippen molar-refractivity contribution in [1.82, 2.24) is 4.90 Å². The Kier molecular flexibility index (Phi) is 1.80. The van der Waals surface area contributed by atoms with E-state index in [1.807, 2.05) is 0 Å². The molecule has 6 aliphatic rings. The van der Waals surface area contributed by atoms with Gasteiger partial charge in [0.2, 0.25) is 0 Å². The Hall–Kier alpha value is 0.665. The van der Waals surface area contributed by atoms with Gasteiger partial charge in [-0.2, -0.15) is 0 Å². The number of carbonyl (C=O) groups excluding carboxylic acids is 1. The minimum atomic E-state index is 0.0976. The Bertz CT molecular complexity index is 514. The van der Waals surface area contributed by atoms with Crippen LogP contribution >= 0.6 is 0 Å². The second-order valence-electron chi connectivity index (χ2n) is 8.95. The van der Waals surface area contributed by atoms with Gasteiger partial charge in [-0.1, -0.05) is 0 Å². The standard InChI is InChI=1S/C15H19NO.2Li/c1-5(2)16(6(3)4)14(17)15-11-8-7-9(11)13(15)10(7)12(8)15;;/h5-9,12-13H,1-4H3;;. The van der Waals surface area contributed by atoms with Gasteiger partial charge in [0.05, 0.1) is 0 Å². The number of hydrogen-bond acceptors (Lipinski definition) is 1. The minimum absolute atomic E-state index is 0.0976. The Morgan fingerprint density at radius 3 is 1.89 bits per heavy atom. The topological polar surface area (TPSA) is 20.3 Å². The van der Waals surface area contributed by atoms with E-state index in [9.17, 15) is 4.79 Å². The van der Waals surface area contributed by atoms with Crippen molar-refractivity contribution in [3.8, 4) is 0 Å². The fourth-order valence-corrected chi connectivity index (χ4v) is 8.55. The van der Waals surface area contributed by atoms with E-state index >= 15 is 0 Å². The van der Waals surface area contributed by atoms with Crippen LogP contribution in [0.5, 0.6) is 0 Å². The van der Waals surface area contributed by atoms with Gasteiger partial charge < -0.3 is 0 Å². The van der Waals surface area contributed by atoms with Crippen LogP contribution in [0.1, 0.15) is 27.7 Å². The summed E-state index contributed by atoms with van der Waals surface area (Å²) < 4.78 is 1.02. The van der Waals surface area contributed by atoms with Gasteiger partial charge in [0.15, 0.2) is 0 Å². The summed E-state index contributed by atoms with van der Waals surface area (Å²) in [5, 5.41) is 0. The third kappa shape index (κ3) is 0.706. The third-order valence-corrected chi connectivity index (χ3v) is 8.51. The van der Waals surface area contributed by atoms with Crippen LogP contribution in [-0.4, -0.2) is 58.3 Å². The van der Waals surface area contributed by atoms with Gasteiger partial charge in [-0.15, -0.1) is 0 Å². The zero-order valence-corrected chi connectivity index (χ0v) is 12.9. The van der Waals surface area contributed by atoms with Crippen molar-refractivity contribution in [3.63, 3.8) is 0 Å². The van der Waals surface area contributed by atoms with Crippen LogP contribution in [-0.2, 0) is 4.79 Å². The molecule has 2 nitrogen and oxygen atoms in total. The molecule has 0 aromatic rings. The molecule has 6 rings (SSSR count). The molecule has 6 aliphatic carbocycles. The molecule has 0 radical (unpaired) electrons. The molecule has 0 aromatic carbocycles. The Morgan fingerprint density at radius 1 is 1.00 bits per heavy atom. The molecule has 4 unspecified atom stereocenters. The second kappa shape index (κ2) is 2.79. The van der Waals surface area contributed by atoms with E-state index < -0.39 is 0 Å². The molecule has 0 bridgehead atoms. The van der Waals surface area contributed by atoms with Crippen LogP contribution in [0.3, 0.4) is 0 Å². The van der Waals surface area contributed by atoms with E-state index in [1.165, 1.54) is 0 Å². The fraction of sp³-hybridized carbons (Fsp3) is 0.933. The fourth-order valence-electron chi connectivity index (χ4n) is 8.55. The number of amides is 1. The monoisotopic (exact) mass is 243 g/mol. The van der Waals surface area contributed by atoms with Gasteiger partial charge >= 0.3 is 134 Å². The SMILES string of the molecule is [Li][C]12C3C4C1C1(C(=O)N(C(C)C)C(C)C)C2C3[C]41[Li]. The predicted molar refractivity (Wildman–Crippen MR) is 73.9 cm³/mol. The first-order chi connectivity index (χ1) is 8.78. The summed E-state index contributed by atoms with van der Waals surface area (Å²) in [6.45, 7) is 8.68. The summed E-state index contributed by atoms with van der Waals surface area (Å²) in [6, 6.07) is 0.675. The average molecular weight is 243 g/mol. The van der Waals surface area contributed by atoms with E-state index in [0.29, 0.717) is 26.2 Å². The Morgan fingerprint density at radius 2 is 1.47 bits per heavy atom. The van der Waals surface area contributed by atoms with Crippen molar-refractivity contribution in [2.45, 2.75) is 48.0 Å². The third-order valence-electron chi connectivity index (χ3n) is 8.51. The molecule has 19 heavy (non-hydrogen) atoms. The predicted octanol–water partition coefficient (Wildman–Crippen LogP) is 1.42. The molecule has 0 saturated heterocycles. The first-order valence-corrected chi connectivity index (χ1v) is 8.11. The van der Waals surface area contributed by atoms with Crippen LogP contribution in [0.15, 0.2) is 0 Å². The van der Waals surface area contributed by atoms with Crippen LogP contribution in [0.25, 0.3) is 0 Å². The van der Waals surface area contributed by atoms with Gasteiger partial charge in [-0.3, -0.25) is 0 Å². The van der Waals surface area contributed by atoms with Crippen molar-refractivity contribution in [2.24, 2.45) is 35.0 Å². The Balaban J connectivity index is 1.54. The summed E-state index contributed by atoms with van der Waals surface area (Å²) >= 11 is 4.90. The maximum atomic E-state index is 13.3. The number of rotatable bonds is 3. The molecule has 0 spiro atoms. The second-order valence-corrected chi connectivity index (χ2v) is 8.95. The molecule has 0 N–H and O–H groups in total.